The molecule has 1 aliphatic rings. The lowest BCUT2D eigenvalue weighted by molar-refractivity contribution is 0.0876. The van der Waals surface area contributed by atoms with Gasteiger partial charge in [0.25, 0.3) is 6.35 Å². The maximum atomic E-state index is 14.5. The molecule has 4 rings (SSSR count). The van der Waals surface area contributed by atoms with E-state index in [2.05, 4.69) is 4.99 Å². The van der Waals surface area contributed by atoms with Gasteiger partial charge in [-0.1, -0.05) is 54.6 Å². The molecule has 146 valence electrons. The number of allylic oxidation sites excluding steroid dienone is 1. The Labute approximate surface area is 169 Å². The Kier molecular flexibility index (Phi) is 5.56. The summed E-state index contributed by atoms with van der Waals surface area (Å²) in [5, 5.41) is 0. The molecule has 4 nitrogen and oxygen atoms in total. The van der Waals surface area contributed by atoms with E-state index in [9.17, 15) is 4.39 Å². The molecule has 0 aromatic heterocycles. The molecule has 3 aromatic rings. The van der Waals surface area contributed by atoms with E-state index in [1.54, 1.807) is 12.3 Å². The molecule has 1 heterocycles. The van der Waals surface area contributed by atoms with Crippen LogP contribution >= 0.6 is 0 Å². The number of aliphatic imine (C=N–C) groups is 1. The summed E-state index contributed by atoms with van der Waals surface area (Å²) in [4.78, 5) is 6.30. The van der Waals surface area contributed by atoms with Crippen molar-refractivity contribution >= 4 is 11.8 Å². The Morgan fingerprint density at radius 1 is 0.966 bits per heavy atom. The highest BCUT2D eigenvalue weighted by atomic mass is 19.1. The van der Waals surface area contributed by atoms with Gasteiger partial charge in [-0.2, -0.15) is 0 Å². The van der Waals surface area contributed by atoms with Crippen molar-refractivity contribution in [3.63, 3.8) is 0 Å². The fourth-order valence-corrected chi connectivity index (χ4v) is 2.98. The first kappa shape index (κ1) is 18.7. The van der Waals surface area contributed by atoms with Crippen LogP contribution in [0.1, 0.15) is 11.1 Å². The molecule has 5 heteroatoms. The molecular formula is C24H21FN2O2. The number of nitrogens with zero attached hydrogens (tertiary/aromatic N) is 2. The van der Waals surface area contributed by atoms with Crippen LogP contribution in [0.25, 0.3) is 5.57 Å². The zero-order valence-corrected chi connectivity index (χ0v) is 16.0. The molecule has 0 N–H and O–H groups in total. The second-order valence-corrected chi connectivity index (χ2v) is 6.70. The van der Waals surface area contributed by atoms with Crippen molar-refractivity contribution in [2.75, 3.05) is 7.05 Å². The van der Waals surface area contributed by atoms with Crippen LogP contribution in [0, 0.1) is 5.82 Å². The van der Waals surface area contributed by atoms with Gasteiger partial charge in [0.2, 0.25) is 0 Å². The molecule has 0 aliphatic carbocycles. The van der Waals surface area contributed by atoms with E-state index in [-0.39, 0.29) is 5.75 Å². The minimum Gasteiger partial charge on any atom is -0.486 e. The maximum absolute atomic E-state index is 14.5. The second kappa shape index (κ2) is 8.61. The average molecular weight is 388 g/mol. The highest BCUT2D eigenvalue weighted by Gasteiger charge is 2.18. The molecule has 0 amide bonds. The lowest BCUT2D eigenvalue weighted by atomic mass is 10.1. The molecule has 0 bridgehead atoms. The van der Waals surface area contributed by atoms with Crippen LogP contribution in [0.5, 0.6) is 11.5 Å². The lowest BCUT2D eigenvalue weighted by Crippen LogP contribution is -2.33. The summed E-state index contributed by atoms with van der Waals surface area (Å²) in [5.41, 5.74) is 2.52. The van der Waals surface area contributed by atoms with E-state index < -0.39 is 12.2 Å². The van der Waals surface area contributed by atoms with Gasteiger partial charge in [0, 0.05) is 25.0 Å². The minimum atomic E-state index is -0.459. The third kappa shape index (κ3) is 4.63. The number of halogens is 1. The zero-order chi connectivity index (χ0) is 20.1. The van der Waals surface area contributed by atoms with Crippen LogP contribution < -0.4 is 9.47 Å². The van der Waals surface area contributed by atoms with Crippen LogP contribution in [-0.2, 0) is 6.61 Å². The van der Waals surface area contributed by atoms with E-state index in [1.807, 2.05) is 84.9 Å². The number of ether oxygens (including phenoxy) is 2. The summed E-state index contributed by atoms with van der Waals surface area (Å²) >= 11 is 0. The second-order valence-electron chi connectivity index (χ2n) is 6.70. The molecule has 0 saturated carbocycles. The van der Waals surface area contributed by atoms with Gasteiger partial charge in [-0.3, -0.25) is 0 Å². The van der Waals surface area contributed by atoms with E-state index >= 15 is 0 Å². The summed E-state index contributed by atoms with van der Waals surface area (Å²) in [7, 11) is 1.87. The number of hydrogen-bond acceptors (Lipinski definition) is 4. The molecule has 0 fully saturated rings. The van der Waals surface area contributed by atoms with Gasteiger partial charge in [0.05, 0.1) is 0 Å². The van der Waals surface area contributed by atoms with Crippen LogP contribution in [0.3, 0.4) is 0 Å². The summed E-state index contributed by atoms with van der Waals surface area (Å²) in [6.45, 7) is 0.322. The van der Waals surface area contributed by atoms with Crippen LogP contribution in [-0.4, -0.2) is 24.5 Å². The number of hydrogen-bond donors (Lipinski definition) is 0. The van der Waals surface area contributed by atoms with Gasteiger partial charge in [0.15, 0.2) is 11.6 Å². The van der Waals surface area contributed by atoms with Crippen molar-refractivity contribution in [3.05, 3.63) is 102 Å². The number of benzene rings is 3. The van der Waals surface area contributed by atoms with Crippen LogP contribution in [0.4, 0.5) is 4.39 Å². The van der Waals surface area contributed by atoms with Gasteiger partial charge in [-0.05, 0) is 35.4 Å². The Morgan fingerprint density at radius 2 is 1.69 bits per heavy atom. The maximum Gasteiger partial charge on any atom is 0.269 e. The van der Waals surface area contributed by atoms with Crippen LogP contribution in [0.2, 0.25) is 0 Å². The molecule has 29 heavy (non-hydrogen) atoms. The Balaban J connectivity index is 1.43. The molecule has 0 spiro atoms. The van der Waals surface area contributed by atoms with Crippen molar-refractivity contribution in [1.82, 2.24) is 4.90 Å². The van der Waals surface area contributed by atoms with E-state index in [1.165, 1.54) is 6.07 Å². The van der Waals surface area contributed by atoms with Gasteiger partial charge in [0.1, 0.15) is 12.4 Å². The Hall–Kier alpha value is -3.60. The van der Waals surface area contributed by atoms with E-state index in [4.69, 9.17) is 9.47 Å². The molecule has 1 atom stereocenters. The topological polar surface area (TPSA) is 34.1 Å². The van der Waals surface area contributed by atoms with Crippen molar-refractivity contribution in [2.45, 2.75) is 13.0 Å². The summed E-state index contributed by atoms with van der Waals surface area (Å²) in [6.07, 6.45) is 3.13. The molecule has 1 aliphatic heterocycles. The largest absolute Gasteiger partial charge is 0.486 e. The average Bonchev–Trinajstić information content (AvgIpc) is 2.76. The molecule has 0 saturated heterocycles. The zero-order valence-electron chi connectivity index (χ0n) is 16.0. The normalized spacial score (nSPS) is 15.7. The molecule has 0 radical (unpaired) electrons. The Bertz CT molecular complexity index is 1020. The van der Waals surface area contributed by atoms with Crippen LogP contribution in [0.15, 0.2) is 90.1 Å². The standard InChI is InChI=1S/C24H21FN2O2/c1-27-16-20(15-26-24(27)29-21-10-6-3-7-11-21)19-12-13-23(22(25)14-19)28-17-18-8-4-2-5-9-18/h2-16,24H,17H2,1H3. The first-order chi connectivity index (χ1) is 14.2. The number of rotatable bonds is 6. The van der Waals surface area contributed by atoms with Crippen molar-refractivity contribution in [3.8, 4) is 11.5 Å². The minimum absolute atomic E-state index is 0.226. The third-order valence-electron chi connectivity index (χ3n) is 4.52. The highest BCUT2D eigenvalue weighted by Crippen LogP contribution is 2.25. The van der Waals surface area contributed by atoms with Gasteiger partial charge in [-0.25, -0.2) is 9.38 Å². The quantitative estimate of drug-likeness (QED) is 0.587. The first-order valence-electron chi connectivity index (χ1n) is 9.34. The van der Waals surface area contributed by atoms with Crippen molar-refractivity contribution in [2.24, 2.45) is 4.99 Å². The fraction of sp³-hybridized carbons (Fsp3) is 0.125. The van der Waals surface area contributed by atoms with Crippen molar-refractivity contribution < 1.29 is 13.9 Å². The molecular weight excluding hydrogens is 367 g/mol. The van der Waals surface area contributed by atoms with E-state index in [0.717, 1.165) is 22.4 Å². The SMILES string of the molecule is CN1C=C(c2ccc(OCc3ccccc3)c(F)c2)C=NC1Oc1ccccc1. The molecule has 1 unspecified atom stereocenters. The monoisotopic (exact) mass is 388 g/mol. The Morgan fingerprint density at radius 3 is 2.38 bits per heavy atom. The van der Waals surface area contributed by atoms with Crippen molar-refractivity contribution in [1.29, 1.82) is 0 Å². The van der Waals surface area contributed by atoms with E-state index in [0.29, 0.717) is 6.61 Å². The number of para-hydroxylation sites is 1. The highest BCUT2D eigenvalue weighted by molar-refractivity contribution is 6.10. The first-order valence-corrected chi connectivity index (χ1v) is 9.34. The van der Waals surface area contributed by atoms with Gasteiger partial charge < -0.3 is 14.4 Å². The smallest absolute Gasteiger partial charge is 0.269 e. The summed E-state index contributed by atoms with van der Waals surface area (Å²) in [6, 6.07) is 24.1. The predicted molar refractivity (Wildman–Crippen MR) is 112 cm³/mol. The fourth-order valence-electron chi connectivity index (χ4n) is 2.98. The summed E-state index contributed by atoms with van der Waals surface area (Å²) in [5.74, 6) is 0.562. The summed E-state index contributed by atoms with van der Waals surface area (Å²) < 4.78 is 26.0. The predicted octanol–water partition coefficient (Wildman–Crippen LogP) is 5.12. The van der Waals surface area contributed by atoms with Gasteiger partial charge in [-0.15, -0.1) is 0 Å². The molecule has 3 aromatic carbocycles. The third-order valence-corrected chi connectivity index (χ3v) is 4.52. The van der Waals surface area contributed by atoms with Gasteiger partial charge >= 0.3 is 0 Å². The lowest BCUT2D eigenvalue weighted by Gasteiger charge is -2.27.